The van der Waals surface area contributed by atoms with Crippen molar-refractivity contribution < 1.29 is 4.74 Å². The van der Waals surface area contributed by atoms with E-state index in [-0.39, 0.29) is 0 Å². The molecule has 0 bridgehead atoms. The van der Waals surface area contributed by atoms with Gasteiger partial charge in [-0.15, -0.1) is 11.8 Å². The van der Waals surface area contributed by atoms with Crippen molar-refractivity contribution in [2.75, 3.05) is 18.8 Å². The molecule has 2 aliphatic heterocycles. The van der Waals surface area contributed by atoms with Crippen LogP contribution < -0.4 is 5.32 Å². The number of pyridine rings is 1. The van der Waals surface area contributed by atoms with Crippen LogP contribution in [0.3, 0.4) is 0 Å². The van der Waals surface area contributed by atoms with Crippen molar-refractivity contribution >= 4 is 11.8 Å². The number of thioether (sulfide) groups is 1. The Morgan fingerprint density at radius 1 is 1.50 bits per heavy atom. The fourth-order valence-electron chi connectivity index (χ4n) is 2.25. The van der Waals surface area contributed by atoms with Crippen LogP contribution in [0.25, 0.3) is 0 Å². The molecule has 1 spiro atoms. The highest BCUT2D eigenvalue weighted by atomic mass is 32.2. The SMILES string of the molecule is c1ccc(CO[C@H]2CSC3(CNC3)C2)nc1. The molecule has 2 fully saturated rings. The Labute approximate surface area is 100.0 Å². The summed E-state index contributed by atoms with van der Waals surface area (Å²) >= 11 is 2.07. The summed E-state index contributed by atoms with van der Waals surface area (Å²) in [6.45, 7) is 2.96. The molecule has 0 aliphatic carbocycles. The zero-order valence-corrected chi connectivity index (χ0v) is 10.0. The molecule has 0 radical (unpaired) electrons. The van der Waals surface area contributed by atoms with Crippen LogP contribution in [0.15, 0.2) is 24.4 Å². The highest BCUT2D eigenvalue weighted by molar-refractivity contribution is 8.01. The number of nitrogens with zero attached hydrogens (tertiary/aromatic N) is 1. The van der Waals surface area contributed by atoms with Gasteiger partial charge in [-0.25, -0.2) is 0 Å². The first-order valence-electron chi connectivity index (χ1n) is 5.73. The molecule has 2 aliphatic rings. The van der Waals surface area contributed by atoms with Crippen LogP contribution in [-0.4, -0.2) is 34.7 Å². The summed E-state index contributed by atoms with van der Waals surface area (Å²) in [5.41, 5.74) is 1.03. The predicted molar refractivity (Wildman–Crippen MR) is 65.5 cm³/mol. The van der Waals surface area contributed by atoms with Crippen molar-refractivity contribution in [3.63, 3.8) is 0 Å². The maximum Gasteiger partial charge on any atom is 0.0892 e. The number of nitrogens with one attached hydrogen (secondary N) is 1. The minimum atomic E-state index is 0.411. The fourth-order valence-corrected chi connectivity index (χ4v) is 3.71. The van der Waals surface area contributed by atoms with Crippen molar-refractivity contribution in [1.82, 2.24) is 10.3 Å². The summed E-state index contributed by atoms with van der Waals surface area (Å²) in [6.07, 6.45) is 3.42. The van der Waals surface area contributed by atoms with E-state index in [1.807, 2.05) is 24.4 Å². The largest absolute Gasteiger partial charge is 0.371 e. The molecule has 0 saturated carbocycles. The van der Waals surface area contributed by atoms with Crippen LogP contribution in [0, 0.1) is 0 Å². The summed E-state index contributed by atoms with van der Waals surface area (Å²) in [7, 11) is 0. The zero-order valence-electron chi connectivity index (χ0n) is 9.19. The van der Waals surface area contributed by atoms with Crippen molar-refractivity contribution in [3.8, 4) is 0 Å². The number of hydrogen-bond donors (Lipinski definition) is 1. The lowest BCUT2D eigenvalue weighted by Crippen LogP contribution is -2.56. The van der Waals surface area contributed by atoms with Crippen molar-refractivity contribution in [3.05, 3.63) is 30.1 Å². The van der Waals surface area contributed by atoms with Crippen LogP contribution in [0.5, 0.6) is 0 Å². The lowest BCUT2D eigenvalue weighted by molar-refractivity contribution is 0.0442. The summed E-state index contributed by atoms with van der Waals surface area (Å²) in [6, 6.07) is 5.96. The molecule has 1 atom stereocenters. The van der Waals surface area contributed by atoms with E-state index in [4.69, 9.17) is 4.74 Å². The molecule has 3 nitrogen and oxygen atoms in total. The molecule has 86 valence electrons. The van der Waals surface area contributed by atoms with Crippen LogP contribution in [0.2, 0.25) is 0 Å². The van der Waals surface area contributed by atoms with Crippen molar-refractivity contribution in [2.45, 2.75) is 23.9 Å². The molecule has 2 saturated heterocycles. The summed E-state index contributed by atoms with van der Waals surface area (Å²) in [4.78, 5) is 4.27. The lowest BCUT2D eigenvalue weighted by Gasteiger charge is -2.38. The van der Waals surface area contributed by atoms with E-state index in [1.165, 1.54) is 6.42 Å². The van der Waals surface area contributed by atoms with Gasteiger partial charge in [-0.05, 0) is 18.6 Å². The monoisotopic (exact) mass is 236 g/mol. The van der Waals surface area contributed by atoms with Gasteiger partial charge in [0.05, 0.1) is 18.4 Å². The molecule has 1 N–H and O–H groups in total. The van der Waals surface area contributed by atoms with Gasteiger partial charge < -0.3 is 10.1 Å². The highest BCUT2D eigenvalue weighted by Gasteiger charge is 2.44. The van der Waals surface area contributed by atoms with E-state index in [9.17, 15) is 0 Å². The minimum Gasteiger partial charge on any atom is -0.371 e. The van der Waals surface area contributed by atoms with E-state index in [2.05, 4.69) is 22.1 Å². The van der Waals surface area contributed by atoms with Crippen molar-refractivity contribution in [1.29, 1.82) is 0 Å². The van der Waals surface area contributed by atoms with Gasteiger partial charge in [-0.2, -0.15) is 0 Å². The average molecular weight is 236 g/mol. The van der Waals surface area contributed by atoms with Gasteiger partial charge in [0.1, 0.15) is 0 Å². The van der Waals surface area contributed by atoms with Gasteiger partial charge >= 0.3 is 0 Å². The van der Waals surface area contributed by atoms with E-state index in [0.29, 0.717) is 17.5 Å². The molecule has 0 aromatic carbocycles. The van der Waals surface area contributed by atoms with E-state index in [1.54, 1.807) is 0 Å². The Bertz CT molecular complexity index is 353. The minimum absolute atomic E-state index is 0.411. The van der Waals surface area contributed by atoms with Crippen LogP contribution in [0.1, 0.15) is 12.1 Å². The van der Waals surface area contributed by atoms with Gasteiger partial charge in [0.25, 0.3) is 0 Å². The number of aromatic nitrogens is 1. The van der Waals surface area contributed by atoms with Gasteiger partial charge in [0.15, 0.2) is 0 Å². The lowest BCUT2D eigenvalue weighted by atomic mass is 9.96. The van der Waals surface area contributed by atoms with Crippen LogP contribution in [-0.2, 0) is 11.3 Å². The predicted octanol–water partition coefficient (Wildman–Crippen LogP) is 1.45. The van der Waals surface area contributed by atoms with Crippen LogP contribution in [0.4, 0.5) is 0 Å². The molecule has 16 heavy (non-hydrogen) atoms. The molecule has 3 heterocycles. The Kier molecular flexibility index (Phi) is 2.88. The molecule has 3 rings (SSSR count). The Morgan fingerprint density at radius 2 is 2.44 bits per heavy atom. The quantitative estimate of drug-likeness (QED) is 0.861. The van der Waals surface area contributed by atoms with Gasteiger partial charge in [0.2, 0.25) is 0 Å². The second-order valence-electron chi connectivity index (χ2n) is 4.56. The first-order valence-corrected chi connectivity index (χ1v) is 6.71. The Morgan fingerprint density at radius 3 is 3.06 bits per heavy atom. The summed E-state index contributed by atoms with van der Waals surface area (Å²) < 4.78 is 6.40. The standard InChI is InChI=1S/C12H16N2OS/c1-2-4-14-10(3-1)6-15-11-5-12(16-7-11)8-13-9-12/h1-4,11,13H,5-9H2/t11-/m1/s1. The number of ether oxygens (including phenoxy) is 1. The third-order valence-electron chi connectivity index (χ3n) is 3.26. The average Bonchev–Trinajstić information content (AvgIpc) is 2.72. The molecule has 0 unspecified atom stereocenters. The normalized spacial score (nSPS) is 26.9. The molecular formula is C12H16N2OS. The molecule has 4 heteroatoms. The van der Waals surface area contributed by atoms with Gasteiger partial charge in [-0.1, -0.05) is 6.07 Å². The number of rotatable bonds is 3. The first-order chi connectivity index (χ1) is 7.86. The third-order valence-corrected chi connectivity index (χ3v) is 4.87. The van der Waals surface area contributed by atoms with Crippen molar-refractivity contribution in [2.24, 2.45) is 0 Å². The number of hydrogen-bond acceptors (Lipinski definition) is 4. The zero-order chi connectivity index (χ0) is 10.8. The fraction of sp³-hybridized carbons (Fsp3) is 0.583. The first kappa shape index (κ1) is 10.6. The molecule has 0 amide bonds. The molecule has 1 aromatic heterocycles. The second-order valence-corrected chi connectivity index (χ2v) is 6.04. The summed E-state index contributed by atoms with van der Waals surface area (Å²) in [5.74, 6) is 1.13. The maximum absolute atomic E-state index is 5.91. The van der Waals surface area contributed by atoms with E-state index >= 15 is 0 Å². The van der Waals surface area contributed by atoms with Crippen LogP contribution >= 0.6 is 11.8 Å². The van der Waals surface area contributed by atoms with Gasteiger partial charge in [0, 0.05) is 29.8 Å². The van der Waals surface area contributed by atoms with E-state index in [0.717, 1.165) is 24.5 Å². The third kappa shape index (κ3) is 2.10. The Balaban J connectivity index is 1.50. The highest BCUT2D eigenvalue weighted by Crippen LogP contribution is 2.42. The van der Waals surface area contributed by atoms with E-state index < -0.39 is 0 Å². The second kappa shape index (κ2) is 4.35. The molecule has 1 aromatic rings. The summed E-state index contributed by atoms with van der Waals surface area (Å²) in [5, 5.41) is 3.35. The maximum atomic E-state index is 5.91. The smallest absolute Gasteiger partial charge is 0.0892 e. The topological polar surface area (TPSA) is 34.1 Å². The van der Waals surface area contributed by atoms with Gasteiger partial charge in [-0.3, -0.25) is 4.98 Å². The Hall–Kier alpha value is -0.580. The molecular weight excluding hydrogens is 220 g/mol.